The highest BCUT2D eigenvalue weighted by atomic mass is 19.3. The van der Waals surface area contributed by atoms with E-state index in [1.807, 2.05) is 0 Å². The lowest BCUT2D eigenvalue weighted by Crippen LogP contribution is -2.14. The van der Waals surface area contributed by atoms with Gasteiger partial charge >= 0.3 is 5.97 Å². The summed E-state index contributed by atoms with van der Waals surface area (Å²) in [6.07, 6.45) is -1.21. The molecule has 2 atom stereocenters. The summed E-state index contributed by atoms with van der Waals surface area (Å²) in [5.74, 6) is -7.15. The van der Waals surface area contributed by atoms with Crippen LogP contribution in [0.5, 0.6) is 5.75 Å². The zero-order valence-electron chi connectivity index (χ0n) is 14.8. The van der Waals surface area contributed by atoms with Gasteiger partial charge in [-0.3, -0.25) is 4.79 Å². The van der Waals surface area contributed by atoms with Crippen molar-refractivity contribution in [3.05, 3.63) is 40.7 Å². The van der Waals surface area contributed by atoms with Crippen LogP contribution in [0.15, 0.2) is 12.2 Å². The Kier molecular flexibility index (Phi) is 5.63. The largest absolute Gasteiger partial charge is 0.491 e. The lowest BCUT2D eigenvalue weighted by Gasteiger charge is -2.15. The monoisotopic (exact) mass is 378 g/mol. The Morgan fingerprint density at radius 2 is 1.73 bits per heavy atom. The van der Waals surface area contributed by atoms with Gasteiger partial charge in [0.1, 0.15) is 6.61 Å². The molecule has 26 heavy (non-hydrogen) atoms. The van der Waals surface area contributed by atoms with Crippen LogP contribution in [0.25, 0.3) is 0 Å². The molecule has 0 amide bonds. The summed E-state index contributed by atoms with van der Waals surface area (Å²) in [4.78, 5) is 12.2. The topological polar surface area (TPSA) is 35.5 Å². The number of benzene rings is 1. The summed E-state index contributed by atoms with van der Waals surface area (Å²) in [5.41, 5.74) is -1.34. The number of rotatable bonds is 6. The summed E-state index contributed by atoms with van der Waals surface area (Å²) in [5, 5.41) is 0. The first kappa shape index (κ1) is 20.2. The Bertz CT molecular complexity index is 754. The zero-order chi connectivity index (χ0) is 19.8. The molecule has 144 valence electrons. The SMILES string of the molecule is CCc1c(F)c(OC)c(F)c(F)c1COC(=O)[C@@H]1[C@@H](C=C(F)F)C1(C)C. The van der Waals surface area contributed by atoms with Gasteiger partial charge < -0.3 is 9.47 Å². The molecule has 0 radical (unpaired) electrons. The van der Waals surface area contributed by atoms with E-state index in [-0.39, 0.29) is 12.0 Å². The maximum absolute atomic E-state index is 14.2. The van der Waals surface area contributed by atoms with E-state index in [0.717, 1.165) is 7.11 Å². The minimum absolute atomic E-state index is 0.0135. The minimum atomic E-state index is -1.91. The standard InChI is InChI=1S/C18H19F5O3/c1-5-8-9(13(21)15(23)16(25-4)14(8)22)7-26-17(24)12-10(6-11(19)20)18(12,2)3/h6,10,12H,5,7H2,1-4H3/t10-,12+/m1/s1. The van der Waals surface area contributed by atoms with Crippen molar-refractivity contribution in [1.82, 2.24) is 0 Å². The molecule has 0 spiro atoms. The van der Waals surface area contributed by atoms with Crippen LogP contribution in [0.2, 0.25) is 0 Å². The lowest BCUT2D eigenvalue weighted by molar-refractivity contribution is -0.147. The number of esters is 1. The second-order valence-corrected chi connectivity index (χ2v) is 6.67. The molecule has 1 aliphatic rings. The van der Waals surface area contributed by atoms with Gasteiger partial charge in [0, 0.05) is 17.0 Å². The molecule has 0 aliphatic heterocycles. The second-order valence-electron chi connectivity index (χ2n) is 6.67. The van der Waals surface area contributed by atoms with E-state index in [1.54, 1.807) is 13.8 Å². The molecule has 0 heterocycles. The van der Waals surface area contributed by atoms with E-state index in [2.05, 4.69) is 4.74 Å². The Hall–Kier alpha value is -2.12. The quantitative estimate of drug-likeness (QED) is 0.406. The fourth-order valence-electron chi connectivity index (χ4n) is 3.24. The summed E-state index contributed by atoms with van der Waals surface area (Å²) in [6.45, 7) is 4.06. The molecular weight excluding hydrogens is 359 g/mol. The molecule has 1 aromatic carbocycles. The second kappa shape index (κ2) is 7.25. The molecular formula is C18H19F5O3. The van der Waals surface area contributed by atoms with E-state index in [4.69, 9.17) is 4.74 Å². The van der Waals surface area contributed by atoms with Crippen molar-refractivity contribution in [2.45, 2.75) is 33.8 Å². The Balaban J connectivity index is 2.23. The molecule has 0 bridgehead atoms. The number of ether oxygens (including phenoxy) is 2. The van der Waals surface area contributed by atoms with Gasteiger partial charge in [0.15, 0.2) is 17.4 Å². The smallest absolute Gasteiger partial charge is 0.310 e. The summed E-state index contributed by atoms with van der Waals surface area (Å²) >= 11 is 0. The van der Waals surface area contributed by atoms with E-state index in [1.165, 1.54) is 6.92 Å². The highest BCUT2D eigenvalue weighted by Gasteiger charge is 2.62. The zero-order valence-corrected chi connectivity index (χ0v) is 14.8. The summed E-state index contributed by atoms with van der Waals surface area (Å²) < 4.78 is 76.7. The maximum Gasteiger partial charge on any atom is 0.310 e. The van der Waals surface area contributed by atoms with Crippen molar-refractivity contribution in [1.29, 1.82) is 0 Å². The molecule has 3 nitrogen and oxygen atoms in total. The van der Waals surface area contributed by atoms with Gasteiger partial charge in [0.2, 0.25) is 5.82 Å². The van der Waals surface area contributed by atoms with Gasteiger partial charge in [-0.1, -0.05) is 20.8 Å². The third kappa shape index (κ3) is 3.41. The number of hydrogen-bond donors (Lipinski definition) is 0. The molecule has 0 N–H and O–H groups in total. The van der Waals surface area contributed by atoms with Crippen LogP contribution in [0.3, 0.4) is 0 Å². The average Bonchev–Trinajstić information content (AvgIpc) is 3.09. The first-order valence-corrected chi connectivity index (χ1v) is 7.99. The van der Waals surface area contributed by atoms with Crippen molar-refractivity contribution >= 4 is 5.97 Å². The molecule has 0 saturated heterocycles. The van der Waals surface area contributed by atoms with E-state index in [9.17, 15) is 26.7 Å². The van der Waals surface area contributed by atoms with Gasteiger partial charge in [0.05, 0.1) is 13.0 Å². The highest BCUT2D eigenvalue weighted by molar-refractivity contribution is 5.78. The maximum atomic E-state index is 14.2. The van der Waals surface area contributed by atoms with Crippen LogP contribution in [0.1, 0.15) is 31.9 Å². The number of allylic oxidation sites excluding steroid dienone is 1. The lowest BCUT2D eigenvalue weighted by atomic mass is 10.0. The fourth-order valence-corrected chi connectivity index (χ4v) is 3.24. The summed E-state index contributed by atoms with van der Waals surface area (Å²) in [7, 11) is 1.01. The molecule has 0 aromatic heterocycles. The number of carbonyl (C=O) groups excluding carboxylic acids is 1. The molecule has 2 rings (SSSR count). The summed E-state index contributed by atoms with van der Waals surface area (Å²) in [6, 6.07) is 0. The predicted molar refractivity (Wildman–Crippen MR) is 83.1 cm³/mol. The van der Waals surface area contributed by atoms with Crippen LogP contribution in [0.4, 0.5) is 22.0 Å². The van der Waals surface area contributed by atoms with Crippen LogP contribution >= 0.6 is 0 Å². The minimum Gasteiger partial charge on any atom is -0.491 e. The van der Waals surface area contributed by atoms with E-state index < -0.39 is 64.7 Å². The van der Waals surface area contributed by atoms with Crippen LogP contribution in [-0.4, -0.2) is 13.1 Å². The first-order valence-electron chi connectivity index (χ1n) is 7.99. The molecule has 1 aliphatic carbocycles. The van der Waals surface area contributed by atoms with Gasteiger partial charge in [-0.05, 0) is 17.9 Å². The van der Waals surface area contributed by atoms with Crippen LogP contribution in [0, 0.1) is 34.7 Å². The fraction of sp³-hybridized carbons (Fsp3) is 0.500. The van der Waals surface area contributed by atoms with Crippen molar-refractivity contribution in [3.63, 3.8) is 0 Å². The highest BCUT2D eigenvalue weighted by Crippen LogP contribution is 2.60. The molecule has 1 aromatic rings. The Morgan fingerprint density at radius 1 is 1.12 bits per heavy atom. The molecule has 1 fully saturated rings. The van der Waals surface area contributed by atoms with Crippen LogP contribution in [-0.2, 0) is 22.6 Å². The molecule has 1 saturated carbocycles. The number of carbonyl (C=O) groups is 1. The Morgan fingerprint density at radius 3 is 2.23 bits per heavy atom. The third-order valence-corrected chi connectivity index (χ3v) is 4.87. The average molecular weight is 378 g/mol. The van der Waals surface area contributed by atoms with Gasteiger partial charge in [-0.2, -0.15) is 13.2 Å². The van der Waals surface area contributed by atoms with Gasteiger partial charge in [0.25, 0.3) is 6.08 Å². The van der Waals surface area contributed by atoms with Gasteiger partial charge in [-0.15, -0.1) is 0 Å². The van der Waals surface area contributed by atoms with Crippen molar-refractivity contribution in [2.24, 2.45) is 17.3 Å². The predicted octanol–water partition coefficient (Wildman–Crippen LogP) is 4.77. The molecule has 8 heteroatoms. The van der Waals surface area contributed by atoms with Crippen LogP contribution < -0.4 is 4.74 Å². The first-order chi connectivity index (χ1) is 12.1. The number of hydrogen-bond acceptors (Lipinski definition) is 3. The van der Waals surface area contributed by atoms with Crippen molar-refractivity contribution in [3.8, 4) is 5.75 Å². The van der Waals surface area contributed by atoms with Crippen molar-refractivity contribution in [2.75, 3.05) is 7.11 Å². The van der Waals surface area contributed by atoms with Crippen molar-refractivity contribution < 1.29 is 36.2 Å². The number of halogens is 5. The third-order valence-electron chi connectivity index (χ3n) is 4.87. The normalized spacial score (nSPS) is 20.5. The van der Waals surface area contributed by atoms with E-state index >= 15 is 0 Å². The van der Waals surface area contributed by atoms with Gasteiger partial charge in [-0.25, -0.2) is 8.78 Å². The molecule has 0 unspecified atom stereocenters. The number of methoxy groups -OCH3 is 1. The van der Waals surface area contributed by atoms with E-state index in [0.29, 0.717) is 6.08 Å². The Labute approximate surface area is 147 Å².